The van der Waals surface area contributed by atoms with Gasteiger partial charge in [0.2, 0.25) is 0 Å². The highest BCUT2D eigenvalue weighted by atomic mass is 32.2. The lowest BCUT2D eigenvalue weighted by molar-refractivity contribution is 0.655. The summed E-state index contributed by atoms with van der Waals surface area (Å²) in [6, 6.07) is 8.75. The Bertz CT molecular complexity index is 1040. The summed E-state index contributed by atoms with van der Waals surface area (Å²) in [6.07, 6.45) is 5.47. The topological polar surface area (TPSA) is 38.7 Å². The number of nitrogens with zero attached hydrogens (tertiary/aromatic N) is 3. The summed E-state index contributed by atoms with van der Waals surface area (Å²) in [5.74, 6) is 0. The highest BCUT2D eigenvalue weighted by Crippen LogP contribution is 2.58. The number of hydrogen-bond acceptors (Lipinski definition) is 4. The quantitative estimate of drug-likeness (QED) is 0.562. The fourth-order valence-electron chi connectivity index (χ4n) is 4.32. The van der Waals surface area contributed by atoms with Crippen LogP contribution < -0.4 is 0 Å². The Morgan fingerprint density at radius 1 is 0.800 bits per heavy atom. The average Bonchev–Trinajstić information content (AvgIpc) is 2.83. The standard InChI is InChI=1S/C21H19N3S/c1-20(2)14-6-5-9-22-17(14)12-7-8-13-15(16(12)20)18-19(24-11-10-23-18)25-21(13,3)4/h5-11H,1-4H3. The fourth-order valence-corrected chi connectivity index (χ4v) is 5.45. The third-order valence-corrected chi connectivity index (χ3v) is 6.69. The summed E-state index contributed by atoms with van der Waals surface area (Å²) in [7, 11) is 0. The van der Waals surface area contributed by atoms with Crippen LogP contribution in [0.3, 0.4) is 0 Å². The van der Waals surface area contributed by atoms with Gasteiger partial charge in [0.15, 0.2) is 0 Å². The third kappa shape index (κ3) is 1.86. The van der Waals surface area contributed by atoms with Crippen molar-refractivity contribution in [3.63, 3.8) is 0 Å². The van der Waals surface area contributed by atoms with Crippen LogP contribution in [0, 0.1) is 0 Å². The molecule has 25 heavy (non-hydrogen) atoms. The Balaban J connectivity index is 1.94. The molecule has 3 heterocycles. The van der Waals surface area contributed by atoms with Crippen molar-refractivity contribution in [1.29, 1.82) is 0 Å². The second kappa shape index (κ2) is 4.70. The Morgan fingerprint density at radius 2 is 1.56 bits per heavy atom. The molecule has 2 aliphatic rings. The number of fused-ring (bicyclic) bond motifs is 7. The van der Waals surface area contributed by atoms with Crippen molar-refractivity contribution in [1.82, 2.24) is 15.0 Å². The molecule has 0 saturated carbocycles. The summed E-state index contributed by atoms with van der Waals surface area (Å²) in [5, 5.41) is 1.02. The molecular weight excluding hydrogens is 326 g/mol. The number of pyridine rings is 1. The maximum atomic E-state index is 4.73. The van der Waals surface area contributed by atoms with Gasteiger partial charge in [-0.3, -0.25) is 9.97 Å². The largest absolute Gasteiger partial charge is 0.256 e. The number of rotatable bonds is 0. The van der Waals surface area contributed by atoms with Gasteiger partial charge in [0.1, 0.15) is 10.7 Å². The highest BCUT2D eigenvalue weighted by molar-refractivity contribution is 8.00. The van der Waals surface area contributed by atoms with Gasteiger partial charge >= 0.3 is 0 Å². The molecule has 0 atom stereocenters. The molecule has 0 N–H and O–H groups in total. The van der Waals surface area contributed by atoms with E-state index < -0.39 is 0 Å². The molecule has 0 radical (unpaired) electrons. The van der Waals surface area contributed by atoms with E-state index in [4.69, 9.17) is 9.97 Å². The van der Waals surface area contributed by atoms with E-state index >= 15 is 0 Å². The minimum absolute atomic E-state index is 0.0360. The van der Waals surface area contributed by atoms with Crippen LogP contribution in [0.15, 0.2) is 47.9 Å². The zero-order valence-corrected chi connectivity index (χ0v) is 15.6. The molecule has 124 valence electrons. The van der Waals surface area contributed by atoms with Crippen LogP contribution >= 0.6 is 11.8 Å². The van der Waals surface area contributed by atoms with Crippen LogP contribution in [0.2, 0.25) is 0 Å². The van der Waals surface area contributed by atoms with Crippen molar-refractivity contribution in [2.24, 2.45) is 0 Å². The summed E-state index contributed by atoms with van der Waals surface area (Å²) in [6.45, 7) is 9.14. The molecule has 0 bridgehead atoms. The molecular formula is C21H19N3S. The lowest BCUT2D eigenvalue weighted by Gasteiger charge is -2.35. The van der Waals surface area contributed by atoms with Crippen molar-refractivity contribution in [3.8, 4) is 22.5 Å². The molecule has 0 unspecified atom stereocenters. The van der Waals surface area contributed by atoms with E-state index in [0.29, 0.717) is 0 Å². The van der Waals surface area contributed by atoms with Crippen LogP contribution in [0.1, 0.15) is 44.4 Å². The van der Waals surface area contributed by atoms with Gasteiger partial charge in [0.05, 0.1) is 5.69 Å². The first-order valence-electron chi connectivity index (χ1n) is 8.55. The molecule has 1 aliphatic heterocycles. The smallest absolute Gasteiger partial charge is 0.123 e. The number of hydrogen-bond donors (Lipinski definition) is 0. The van der Waals surface area contributed by atoms with E-state index in [-0.39, 0.29) is 10.2 Å². The van der Waals surface area contributed by atoms with Gasteiger partial charge < -0.3 is 0 Å². The Hall–Kier alpha value is -2.20. The number of benzene rings is 1. The normalized spacial score (nSPS) is 18.1. The second-order valence-electron chi connectivity index (χ2n) is 7.76. The molecule has 1 aliphatic carbocycles. The summed E-state index contributed by atoms with van der Waals surface area (Å²) >= 11 is 1.80. The van der Waals surface area contributed by atoms with E-state index in [1.807, 2.05) is 12.3 Å². The van der Waals surface area contributed by atoms with Crippen LogP contribution in [0.25, 0.3) is 22.5 Å². The SMILES string of the molecule is CC1(C)Sc2nccnc2-c2c1ccc1c2C(C)(C)c2cccnc2-1. The Labute approximate surface area is 152 Å². The predicted molar refractivity (Wildman–Crippen MR) is 102 cm³/mol. The first-order chi connectivity index (χ1) is 11.9. The minimum Gasteiger partial charge on any atom is -0.256 e. The van der Waals surface area contributed by atoms with Gasteiger partial charge in [-0.1, -0.05) is 43.8 Å². The Morgan fingerprint density at radius 3 is 2.40 bits per heavy atom. The van der Waals surface area contributed by atoms with Gasteiger partial charge in [-0.2, -0.15) is 0 Å². The van der Waals surface area contributed by atoms with Gasteiger partial charge in [-0.15, -0.1) is 0 Å². The molecule has 0 amide bonds. The molecule has 5 rings (SSSR count). The number of thioether (sulfide) groups is 1. The summed E-state index contributed by atoms with van der Waals surface area (Å²) in [5.41, 5.74) is 8.48. The van der Waals surface area contributed by atoms with E-state index in [1.165, 1.54) is 27.8 Å². The molecule has 3 aromatic rings. The monoisotopic (exact) mass is 345 g/mol. The zero-order chi connectivity index (χ0) is 17.4. The van der Waals surface area contributed by atoms with E-state index in [2.05, 4.69) is 50.9 Å². The lowest BCUT2D eigenvalue weighted by Crippen LogP contribution is -2.23. The van der Waals surface area contributed by atoms with Crippen molar-refractivity contribution in [2.45, 2.75) is 42.9 Å². The van der Waals surface area contributed by atoms with Gasteiger partial charge in [-0.25, -0.2) is 4.98 Å². The lowest BCUT2D eigenvalue weighted by atomic mass is 9.77. The first kappa shape index (κ1) is 15.1. The third-order valence-electron chi connectivity index (χ3n) is 5.47. The van der Waals surface area contributed by atoms with Crippen LogP contribution in [-0.4, -0.2) is 15.0 Å². The van der Waals surface area contributed by atoms with E-state index in [1.54, 1.807) is 24.2 Å². The minimum atomic E-state index is -0.100. The molecule has 2 aromatic heterocycles. The molecule has 1 aromatic carbocycles. The molecule has 0 saturated heterocycles. The molecule has 0 fully saturated rings. The van der Waals surface area contributed by atoms with Crippen molar-refractivity contribution >= 4 is 11.8 Å². The summed E-state index contributed by atoms with van der Waals surface area (Å²) in [4.78, 5) is 14.0. The predicted octanol–water partition coefficient (Wildman–Crippen LogP) is 5.19. The van der Waals surface area contributed by atoms with Crippen molar-refractivity contribution < 1.29 is 0 Å². The molecule has 4 heteroatoms. The van der Waals surface area contributed by atoms with Gasteiger partial charge in [0, 0.05) is 39.9 Å². The van der Waals surface area contributed by atoms with Gasteiger partial charge in [-0.05, 0) is 36.6 Å². The van der Waals surface area contributed by atoms with Crippen molar-refractivity contribution in [2.75, 3.05) is 0 Å². The number of aromatic nitrogens is 3. The van der Waals surface area contributed by atoms with Crippen LogP contribution in [0.4, 0.5) is 0 Å². The van der Waals surface area contributed by atoms with Crippen LogP contribution in [0.5, 0.6) is 0 Å². The fraction of sp³-hybridized carbons (Fsp3) is 0.286. The average molecular weight is 345 g/mol. The molecule has 0 spiro atoms. The van der Waals surface area contributed by atoms with E-state index in [9.17, 15) is 0 Å². The first-order valence-corrected chi connectivity index (χ1v) is 9.37. The van der Waals surface area contributed by atoms with Crippen LogP contribution in [-0.2, 0) is 10.2 Å². The Kier molecular flexibility index (Phi) is 2.84. The van der Waals surface area contributed by atoms with E-state index in [0.717, 1.165) is 16.4 Å². The molecule has 3 nitrogen and oxygen atoms in total. The highest BCUT2D eigenvalue weighted by Gasteiger charge is 2.43. The van der Waals surface area contributed by atoms with Gasteiger partial charge in [0.25, 0.3) is 0 Å². The maximum absolute atomic E-state index is 4.73. The zero-order valence-electron chi connectivity index (χ0n) is 14.8. The van der Waals surface area contributed by atoms with Crippen molar-refractivity contribution in [3.05, 3.63) is 59.5 Å². The summed E-state index contributed by atoms with van der Waals surface area (Å²) < 4.78 is -0.0360. The maximum Gasteiger partial charge on any atom is 0.123 e. The second-order valence-corrected chi connectivity index (χ2v) is 9.37.